The molecule has 11 heteroatoms. The quantitative estimate of drug-likeness (QED) is 0.501. The smallest absolute Gasteiger partial charge is 0.410 e. The van der Waals surface area contributed by atoms with Gasteiger partial charge in [-0.05, 0) is 71.4 Å². The van der Waals surface area contributed by atoms with E-state index in [0.29, 0.717) is 54.8 Å². The van der Waals surface area contributed by atoms with Crippen LogP contribution in [0.1, 0.15) is 72.7 Å². The number of nitrogens with two attached hydrogens (primary N) is 1. The lowest BCUT2D eigenvalue weighted by atomic mass is 10.0. The number of carbonyl (C=O) groups excluding carboxylic acids is 3. The summed E-state index contributed by atoms with van der Waals surface area (Å²) in [6.45, 7) is 13.6. The highest BCUT2D eigenvalue weighted by atomic mass is 35.5. The molecular weight excluding hydrogens is 522 g/mol. The fourth-order valence-corrected chi connectivity index (χ4v) is 4.54. The molecule has 1 fully saturated rings. The first kappa shape index (κ1) is 30.2. The lowest BCUT2D eigenvalue weighted by Crippen LogP contribution is -2.55. The Kier molecular flexibility index (Phi) is 9.79. The van der Waals surface area contributed by atoms with Gasteiger partial charge in [0.05, 0.1) is 16.3 Å². The van der Waals surface area contributed by atoms with E-state index in [4.69, 9.17) is 26.8 Å². The van der Waals surface area contributed by atoms with Crippen molar-refractivity contribution < 1.29 is 23.9 Å². The van der Waals surface area contributed by atoms with Crippen LogP contribution in [0.2, 0.25) is 5.02 Å². The van der Waals surface area contributed by atoms with Crippen molar-refractivity contribution in [2.75, 3.05) is 32.7 Å². The predicted octanol–water partition coefficient (Wildman–Crippen LogP) is 3.95. The molecule has 0 radical (unpaired) electrons. The molecule has 1 aromatic carbocycles. The van der Waals surface area contributed by atoms with Crippen LogP contribution in [0.5, 0.6) is 5.75 Å². The van der Waals surface area contributed by atoms with Gasteiger partial charge in [-0.1, -0.05) is 11.6 Å². The van der Waals surface area contributed by atoms with Crippen LogP contribution in [0.4, 0.5) is 4.79 Å². The Hall–Kier alpha value is -3.37. The third-order valence-corrected chi connectivity index (χ3v) is 6.51. The van der Waals surface area contributed by atoms with Crippen molar-refractivity contribution in [2.24, 2.45) is 5.73 Å². The van der Waals surface area contributed by atoms with Gasteiger partial charge < -0.3 is 25.4 Å². The van der Waals surface area contributed by atoms with Crippen LogP contribution >= 0.6 is 11.6 Å². The lowest BCUT2D eigenvalue weighted by molar-refractivity contribution is -0.00316. The first-order valence-electron chi connectivity index (χ1n) is 13.0. The van der Waals surface area contributed by atoms with Gasteiger partial charge in [0.1, 0.15) is 11.4 Å². The van der Waals surface area contributed by atoms with Crippen LogP contribution < -0.4 is 15.8 Å². The first-order valence-corrected chi connectivity index (χ1v) is 13.4. The van der Waals surface area contributed by atoms with E-state index in [1.165, 1.54) is 6.07 Å². The van der Waals surface area contributed by atoms with Crippen molar-refractivity contribution in [1.82, 2.24) is 20.1 Å². The zero-order valence-electron chi connectivity index (χ0n) is 23.4. The van der Waals surface area contributed by atoms with E-state index in [-0.39, 0.29) is 29.2 Å². The normalized spacial score (nSPS) is 16.9. The molecule has 3 N–H and O–H groups in total. The molecule has 1 aliphatic rings. The molecule has 3 rings (SSSR count). The molecule has 2 atom stereocenters. The van der Waals surface area contributed by atoms with Gasteiger partial charge in [0.25, 0.3) is 5.91 Å². The number of aromatic nitrogens is 1. The number of nitrogens with zero attached hydrogens (tertiary/aromatic N) is 3. The number of aryl methyl sites for hydroxylation is 1. The average molecular weight is 560 g/mol. The Morgan fingerprint density at radius 3 is 2.49 bits per heavy atom. The molecule has 212 valence electrons. The minimum Gasteiger partial charge on any atom is -0.482 e. The summed E-state index contributed by atoms with van der Waals surface area (Å²) in [5.41, 5.74) is 6.64. The second-order valence-electron chi connectivity index (χ2n) is 10.7. The number of benzene rings is 1. The number of carbonyl (C=O) groups is 3. The van der Waals surface area contributed by atoms with Crippen LogP contribution in [0.15, 0.2) is 30.5 Å². The third-order valence-electron chi connectivity index (χ3n) is 6.29. The molecule has 0 aliphatic carbocycles. The van der Waals surface area contributed by atoms with E-state index in [1.54, 1.807) is 43.1 Å². The van der Waals surface area contributed by atoms with Crippen molar-refractivity contribution in [1.29, 1.82) is 0 Å². The summed E-state index contributed by atoms with van der Waals surface area (Å²) >= 11 is 6.09. The van der Waals surface area contributed by atoms with Crippen molar-refractivity contribution in [3.05, 3.63) is 57.9 Å². The molecule has 1 aliphatic heterocycles. The summed E-state index contributed by atoms with van der Waals surface area (Å²) in [6, 6.07) is 6.54. The number of nitrogens with one attached hydrogen (secondary N) is 1. The van der Waals surface area contributed by atoms with Gasteiger partial charge >= 0.3 is 6.09 Å². The van der Waals surface area contributed by atoms with Gasteiger partial charge in [0, 0.05) is 50.5 Å². The predicted molar refractivity (Wildman–Crippen MR) is 149 cm³/mol. The summed E-state index contributed by atoms with van der Waals surface area (Å²) in [5.74, 6) is -0.694. The molecule has 2 aromatic rings. The maximum absolute atomic E-state index is 12.9. The number of amides is 3. The fraction of sp³-hybridized carbons (Fsp3) is 0.500. The average Bonchev–Trinajstić information content (AvgIpc) is 2.83. The maximum Gasteiger partial charge on any atom is 0.410 e. The van der Waals surface area contributed by atoms with Crippen LogP contribution in [-0.4, -0.2) is 77.1 Å². The van der Waals surface area contributed by atoms with Gasteiger partial charge in [-0.2, -0.15) is 0 Å². The second kappa shape index (κ2) is 12.7. The summed E-state index contributed by atoms with van der Waals surface area (Å²) in [4.78, 5) is 46.0. The minimum atomic E-state index is -0.627. The van der Waals surface area contributed by atoms with Crippen LogP contribution in [0, 0.1) is 6.92 Å². The highest BCUT2D eigenvalue weighted by Crippen LogP contribution is 2.30. The largest absolute Gasteiger partial charge is 0.482 e. The van der Waals surface area contributed by atoms with Crippen molar-refractivity contribution >= 4 is 29.5 Å². The molecule has 1 aromatic heterocycles. The lowest BCUT2D eigenvalue weighted by Gasteiger charge is -2.41. The summed E-state index contributed by atoms with van der Waals surface area (Å²) in [7, 11) is 0. The molecule has 3 amide bonds. The Balaban J connectivity index is 1.89. The Labute approximate surface area is 234 Å². The van der Waals surface area contributed by atoms with Crippen molar-refractivity contribution in [2.45, 2.75) is 59.3 Å². The van der Waals surface area contributed by atoms with E-state index < -0.39 is 17.6 Å². The minimum absolute atomic E-state index is 0.0876. The number of primary amides is 1. The molecule has 0 bridgehead atoms. The van der Waals surface area contributed by atoms with Crippen LogP contribution in [0.25, 0.3) is 0 Å². The molecule has 39 heavy (non-hydrogen) atoms. The van der Waals surface area contributed by atoms with Gasteiger partial charge in [-0.3, -0.25) is 19.5 Å². The SMILES string of the molecule is CCNC(=O)c1cc(C(N)=O)c(C)cc1OC(CN1CCN(C(=O)OC(C)(C)C)[C@H](C)C1)c1ccc(Cl)cn1. The molecule has 1 unspecified atom stereocenters. The maximum atomic E-state index is 12.9. The number of pyridine rings is 1. The monoisotopic (exact) mass is 559 g/mol. The second-order valence-corrected chi connectivity index (χ2v) is 11.1. The number of piperazine rings is 1. The Morgan fingerprint density at radius 2 is 1.92 bits per heavy atom. The molecule has 2 heterocycles. The molecule has 1 saturated heterocycles. The standard InChI is InChI=1S/C28H38ClN5O5/c1-7-31-26(36)21-13-20(25(30)35)17(2)12-23(21)38-24(22-9-8-19(29)14-32-22)16-33-10-11-34(18(3)15-33)27(37)39-28(4,5)6/h8-9,12-14,18,24H,7,10-11,15-16H2,1-6H3,(H2,30,35)(H,31,36)/t18-,24?/m1/s1. The van der Waals surface area contributed by atoms with Gasteiger partial charge in [-0.15, -0.1) is 0 Å². The van der Waals surface area contributed by atoms with E-state index in [0.717, 1.165) is 0 Å². The van der Waals surface area contributed by atoms with E-state index >= 15 is 0 Å². The van der Waals surface area contributed by atoms with Crippen LogP contribution in [-0.2, 0) is 4.74 Å². The topological polar surface area (TPSA) is 127 Å². The van der Waals surface area contributed by atoms with Crippen LogP contribution in [0.3, 0.4) is 0 Å². The summed E-state index contributed by atoms with van der Waals surface area (Å²) in [6.07, 6.45) is 0.635. The summed E-state index contributed by atoms with van der Waals surface area (Å²) in [5, 5.41) is 3.25. The third kappa shape index (κ3) is 8.06. The van der Waals surface area contributed by atoms with E-state index in [9.17, 15) is 14.4 Å². The number of rotatable bonds is 8. The number of ether oxygens (including phenoxy) is 2. The number of hydrogen-bond acceptors (Lipinski definition) is 7. The molecular formula is C28H38ClN5O5. The fourth-order valence-electron chi connectivity index (χ4n) is 4.42. The zero-order valence-corrected chi connectivity index (χ0v) is 24.2. The van der Waals surface area contributed by atoms with Gasteiger partial charge in [0.2, 0.25) is 5.91 Å². The number of hydrogen-bond donors (Lipinski definition) is 2. The molecule has 10 nitrogen and oxygen atoms in total. The van der Waals surface area contributed by atoms with Crippen molar-refractivity contribution in [3.8, 4) is 5.75 Å². The Bertz CT molecular complexity index is 1200. The summed E-state index contributed by atoms with van der Waals surface area (Å²) < 4.78 is 12.0. The molecule has 0 saturated carbocycles. The highest BCUT2D eigenvalue weighted by Gasteiger charge is 2.33. The highest BCUT2D eigenvalue weighted by molar-refractivity contribution is 6.30. The van der Waals surface area contributed by atoms with Crippen molar-refractivity contribution in [3.63, 3.8) is 0 Å². The first-order chi connectivity index (χ1) is 18.3. The molecule has 0 spiro atoms. The zero-order chi connectivity index (χ0) is 28.9. The Morgan fingerprint density at radius 1 is 1.21 bits per heavy atom. The van der Waals surface area contributed by atoms with E-state index in [1.807, 2.05) is 27.7 Å². The van der Waals surface area contributed by atoms with E-state index in [2.05, 4.69) is 15.2 Å². The number of halogens is 1. The van der Waals surface area contributed by atoms with Gasteiger partial charge in [0.15, 0.2) is 6.10 Å². The van der Waals surface area contributed by atoms with Gasteiger partial charge in [-0.25, -0.2) is 4.79 Å².